The van der Waals surface area contributed by atoms with Crippen LogP contribution in [0.2, 0.25) is 0 Å². The molecule has 1 amide bonds. The molecule has 4 aromatic rings. The van der Waals surface area contributed by atoms with Gasteiger partial charge in [-0.3, -0.25) is 9.78 Å². The van der Waals surface area contributed by atoms with Crippen LogP contribution in [0.3, 0.4) is 0 Å². The summed E-state index contributed by atoms with van der Waals surface area (Å²) < 4.78 is 1.97. The molecular weight excluding hydrogens is 400 g/mol. The molecule has 7 nitrogen and oxygen atoms in total. The van der Waals surface area contributed by atoms with Crippen LogP contribution in [-0.2, 0) is 7.05 Å². The third-order valence-electron chi connectivity index (χ3n) is 6.50. The monoisotopic (exact) mass is 428 g/mol. The zero-order valence-electron chi connectivity index (χ0n) is 18.7. The lowest BCUT2D eigenvalue weighted by atomic mass is 10.1. The molecule has 3 aromatic heterocycles. The number of nitrogens with one attached hydrogen (secondary N) is 2. The van der Waals surface area contributed by atoms with Crippen molar-refractivity contribution in [2.75, 3.05) is 32.5 Å². The molecular formula is C25H28N6O. The number of aryl methyl sites for hydroxylation is 1. The molecule has 0 aliphatic carbocycles. The van der Waals surface area contributed by atoms with Crippen molar-refractivity contribution in [1.82, 2.24) is 24.8 Å². The molecule has 5 rings (SSSR count). The van der Waals surface area contributed by atoms with Crippen LogP contribution in [0.1, 0.15) is 23.3 Å². The molecule has 0 atom stereocenters. The smallest absolute Gasteiger partial charge is 0.268 e. The van der Waals surface area contributed by atoms with E-state index in [9.17, 15) is 4.79 Å². The Morgan fingerprint density at radius 2 is 1.91 bits per heavy atom. The number of anilines is 1. The van der Waals surface area contributed by atoms with Crippen LogP contribution in [0.4, 0.5) is 5.69 Å². The van der Waals surface area contributed by atoms with Gasteiger partial charge in [0, 0.05) is 60.1 Å². The second-order valence-electron chi connectivity index (χ2n) is 8.61. The molecule has 1 aromatic carbocycles. The topological polar surface area (TPSA) is 75.1 Å². The number of nitrogens with zero attached hydrogens (tertiary/aromatic N) is 4. The summed E-state index contributed by atoms with van der Waals surface area (Å²) in [5.41, 5.74) is 5.50. The number of rotatable bonds is 4. The number of likely N-dealkylation sites (tertiary alicyclic amines) is 1. The molecule has 0 unspecified atom stereocenters. The van der Waals surface area contributed by atoms with E-state index in [1.165, 1.54) is 0 Å². The van der Waals surface area contributed by atoms with Crippen molar-refractivity contribution in [3.8, 4) is 11.3 Å². The van der Waals surface area contributed by atoms with Crippen molar-refractivity contribution in [1.29, 1.82) is 0 Å². The van der Waals surface area contributed by atoms with Crippen molar-refractivity contribution in [3.63, 3.8) is 0 Å². The predicted octanol–water partition coefficient (Wildman–Crippen LogP) is 3.65. The van der Waals surface area contributed by atoms with Gasteiger partial charge in [0.15, 0.2) is 0 Å². The largest absolute Gasteiger partial charge is 0.387 e. The highest BCUT2D eigenvalue weighted by Gasteiger charge is 2.21. The van der Waals surface area contributed by atoms with Crippen LogP contribution in [-0.4, -0.2) is 58.6 Å². The van der Waals surface area contributed by atoms with Crippen molar-refractivity contribution >= 4 is 33.4 Å². The van der Waals surface area contributed by atoms with Gasteiger partial charge in [-0.15, -0.1) is 0 Å². The zero-order chi connectivity index (χ0) is 22.2. The van der Waals surface area contributed by atoms with Gasteiger partial charge in [-0.05, 0) is 63.3 Å². The summed E-state index contributed by atoms with van der Waals surface area (Å²) in [6.07, 6.45) is 5.57. The molecule has 0 radical (unpaired) electrons. The van der Waals surface area contributed by atoms with Crippen LogP contribution < -0.4 is 10.6 Å². The third kappa shape index (κ3) is 3.69. The summed E-state index contributed by atoms with van der Waals surface area (Å²) in [6.45, 7) is 2.04. The van der Waals surface area contributed by atoms with E-state index in [0.29, 0.717) is 5.69 Å². The molecule has 4 heterocycles. The number of aromatic nitrogens is 3. The fraction of sp³-hybridized carbons (Fsp3) is 0.320. The maximum absolute atomic E-state index is 13.0. The van der Waals surface area contributed by atoms with E-state index in [4.69, 9.17) is 4.98 Å². The van der Waals surface area contributed by atoms with Gasteiger partial charge in [0.2, 0.25) is 0 Å². The van der Waals surface area contributed by atoms with Crippen LogP contribution in [0.25, 0.3) is 33.1 Å². The molecule has 1 fully saturated rings. The number of pyridine rings is 2. The minimum Gasteiger partial charge on any atom is -0.387 e. The van der Waals surface area contributed by atoms with Gasteiger partial charge in [-0.2, -0.15) is 0 Å². The number of amides is 1. The van der Waals surface area contributed by atoms with E-state index in [0.717, 1.165) is 64.7 Å². The van der Waals surface area contributed by atoms with Crippen LogP contribution in [0.15, 0.2) is 48.8 Å². The molecule has 7 heteroatoms. The first kappa shape index (κ1) is 20.5. The van der Waals surface area contributed by atoms with Gasteiger partial charge in [0.05, 0.1) is 11.2 Å². The fourth-order valence-electron chi connectivity index (χ4n) is 4.56. The van der Waals surface area contributed by atoms with Gasteiger partial charge in [-0.25, -0.2) is 4.98 Å². The van der Waals surface area contributed by atoms with Gasteiger partial charge in [0.1, 0.15) is 5.69 Å². The Bertz CT molecular complexity index is 1300. The predicted molar refractivity (Wildman–Crippen MR) is 129 cm³/mol. The van der Waals surface area contributed by atoms with Gasteiger partial charge in [-0.1, -0.05) is 6.07 Å². The first-order chi connectivity index (χ1) is 15.5. The van der Waals surface area contributed by atoms with E-state index in [1.807, 2.05) is 43.1 Å². The van der Waals surface area contributed by atoms with Crippen molar-refractivity contribution in [2.24, 2.45) is 7.05 Å². The van der Waals surface area contributed by atoms with E-state index >= 15 is 0 Å². The Morgan fingerprint density at radius 3 is 2.69 bits per heavy atom. The summed E-state index contributed by atoms with van der Waals surface area (Å²) in [5, 5.41) is 8.49. The van der Waals surface area contributed by atoms with E-state index in [-0.39, 0.29) is 11.9 Å². The summed E-state index contributed by atoms with van der Waals surface area (Å²) in [4.78, 5) is 24.4. The van der Waals surface area contributed by atoms with Crippen LogP contribution in [0, 0.1) is 0 Å². The van der Waals surface area contributed by atoms with Crippen molar-refractivity contribution in [2.45, 2.75) is 18.9 Å². The lowest BCUT2D eigenvalue weighted by molar-refractivity contribution is 0.0909. The second kappa shape index (κ2) is 8.24. The van der Waals surface area contributed by atoms with Crippen LogP contribution in [0.5, 0.6) is 0 Å². The average Bonchev–Trinajstić information content (AvgIpc) is 3.15. The highest BCUT2D eigenvalue weighted by molar-refractivity contribution is 6.00. The standard InChI is InChI=1S/C25H28N6O/c1-26-22-14-21(29-20-6-9-27-15-19(20)22)16-4-5-23-17(12-16)13-24(31(23)3)25(32)28-18-7-10-30(2)11-8-18/h4-6,9,12-15,18H,7-8,10-11H2,1-3H3,(H,26,29)(H,28,32). The SMILES string of the molecule is CNc1cc(-c2ccc3c(c2)cc(C(=O)NC2CCN(C)CC2)n3C)nc2ccncc12. The third-order valence-corrected chi connectivity index (χ3v) is 6.50. The fourth-order valence-corrected chi connectivity index (χ4v) is 4.56. The lowest BCUT2D eigenvalue weighted by Crippen LogP contribution is -2.43. The molecule has 0 bridgehead atoms. The second-order valence-corrected chi connectivity index (χ2v) is 8.61. The van der Waals surface area contributed by atoms with Crippen LogP contribution >= 0.6 is 0 Å². The van der Waals surface area contributed by atoms with Crippen molar-refractivity contribution in [3.05, 3.63) is 54.5 Å². The van der Waals surface area contributed by atoms with Gasteiger partial charge >= 0.3 is 0 Å². The van der Waals surface area contributed by atoms with Crippen molar-refractivity contribution < 1.29 is 4.79 Å². The first-order valence-electron chi connectivity index (χ1n) is 11.1. The lowest BCUT2D eigenvalue weighted by Gasteiger charge is -2.29. The zero-order valence-corrected chi connectivity index (χ0v) is 18.7. The minimum absolute atomic E-state index is 0.00592. The van der Waals surface area contributed by atoms with Gasteiger partial charge < -0.3 is 20.1 Å². The normalized spacial score (nSPS) is 15.3. The van der Waals surface area contributed by atoms with Gasteiger partial charge in [0.25, 0.3) is 5.91 Å². The number of benzene rings is 1. The van der Waals surface area contributed by atoms with E-state index in [1.54, 1.807) is 6.20 Å². The quantitative estimate of drug-likeness (QED) is 0.519. The summed E-state index contributed by atoms with van der Waals surface area (Å²) in [5.74, 6) is -0.00592. The van der Waals surface area contributed by atoms with E-state index < -0.39 is 0 Å². The number of hydrogen-bond acceptors (Lipinski definition) is 5. The average molecular weight is 429 g/mol. The summed E-state index contributed by atoms with van der Waals surface area (Å²) >= 11 is 0. The highest BCUT2D eigenvalue weighted by atomic mass is 16.2. The number of fused-ring (bicyclic) bond motifs is 2. The molecule has 32 heavy (non-hydrogen) atoms. The number of piperidine rings is 1. The highest BCUT2D eigenvalue weighted by Crippen LogP contribution is 2.30. The number of carbonyl (C=O) groups excluding carboxylic acids is 1. The molecule has 1 saturated heterocycles. The Morgan fingerprint density at radius 1 is 1.09 bits per heavy atom. The Kier molecular flexibility index (Phi) is 5.27. The minimum atomic E-state index is -0.00592. The Labute approximate surface area is 187 Å². The molecule has 0 saturated carbocycles. The summed E-state index contributed by atoms with van der Waals surface area (Å²) in [6, 6.07) is 12.4. The number of carbonyl (C=O) groups is 1. The summed E-state index contributed by atoms with van der Waals surface area (Å²) in [7, 11) is 5.98. The molecule has 0 spiro atoms. The molecule has 1 aliphatic heterocycles. The maximum atomic E-state index is 13.0. The molecule has 164 valence electrons. The number of hydrogen-bond donors (Lipinski definition) is 2. The molecule has 1 aliphatic rings. The Balaban J connectivity index is 1.47. The van der Waals surface area contributed by atoms with E-state index in [2.05, 4.69) is 45.8 Å². The molecule has 2 N–H and O–H groups in total. The first-order valence-corrected chi connectivity index (χ1v) is 11.1. The Hall–Kier alpha value is -3.45. The maximum Gasteiger partial charge on any atom is 0.268 e.